The zero-order valence-electron chi connectivity index (χ0n) is 17.1. The number of hydrogen-bond donors (Lipinski definition) is 1. The second kappa shape index (κ2) is 7.47. The van der Waals surface area contributed by atoms with Crippen LogP contribution in [0.3, 0.4) is 0 Å². The van der Waals surface area contributed by atoms with Crippen molar-refractivity contribution in [1.29, 1.82) is 0 Å². The third kappa shape index (κ3) is 3.38. The molecule has 2 aromatic heterocycles. The molecule has 1 N–H and O–H groups in total. The molecule has 1 amide bonds. The van der Waals surface area contributed by atoms with Crippen LogP contribution in [-0.4, -0.2) is 27.4 Å². The number of nitrogens with one attached hydrogen (secondary N) is 1. The number of hydrogen-bond acceptors (Lipinski definition) is 3. The van der Waals surface area contributed by atoms with Crippen LogP contribution in [-0.2, 0) is 13.6 Å². The van der Waals surface area contributed by atoms with Gasteiger partial charge in [0.1, 0.15) is 11.4 Å². The summed E-state index contributed by atoms with van der Waals surface area (Å²) in [5, 5.41) is 8.59. The Labute approximate surface area is 169 Å². The van der Waals surface area contributed by atoms with Crippen molar-refractivity contribution in [3.05, 3.63) is 77.2 Å². The molecule has 6 heteroatoms. The Kier molecular flexibility index (Phi) is 4.84. The fourth-order valence-corrected chi connectivity index (χ4v) is 3.69. The molecule has 0 saturated carbocycles. The average molecular weight is 388 g/mol. The Morgan fingerprint density at radius 1 is 1.10 bits per heavy atom. The summed E-state index contributed by atoms with van der Waals surface area (Å²) in [7, 11) is 3.52. The number of aryl methyl sites for hydroxylation is 2. The number of carbonyl (C=O) groups excluding carboxylic acids is 1. The minimum absolute atomic E-state index is 0.170. The highest BCUT2D eigenvalue weighted by Gasteiger charge is 2.19. The van der Waals surface area contributed by atoms with E-state index in [2.05, 4.69) is 22.5 Å². The first-order valence-electron chi connectivity index (χ1n) is 9.51. The lowest BCUT2D eigenvalue weighted by molar-refractivity contribution is 0.101. The molecule has 0 aliphatic rings. The topological polar surface area (TPSA) is 61.1 Å². The van der Waals surface area contributed by atoms with E-state index in [1.807, 2.05) is 72.6 Å². The molecule has 0 fully saturated rings. The van der Waals surface area contributed by atoms with Gasteiger partial charge in [-0.05, 0) is 37.6 Å². The Balaban J connectivity index is 1.64. The molecule has 148 valence electrons. The number of anilines is 1. The minimum Gasteiger partial charge on any atom is -0.496 e. The van der Waals surface area contributed by atoms with Gasteiger partial charge in [-0.15, -0.1) is 0 Å². The van der Waals surface area contributed by atoms with Crippen LogP contribution in [0.1, 0.15) is 27.4 Å². The average Bonchev–Trinajstić information content (AvgIpc) is 3.20. The smallest absolute Gasteiger partial charge is 0.272 e. The molecule has 0 saturated heterocycles. The molecule has 0 aliphatic heterocycles. The number of fused-ring (bicyclic) bond motifs is 1. The van der Waals surface area contributed by atoms with Crippen LogP contribution in [0.4, 0.5) is 5.69 Å². The predicted molar refractivity (Wildman–Crippen MR) is 115 cm³/mol. The highest BCUT2D eigenvalue weighted by Crippen LogP contribution is 2.29. The van der Waals surface area contributed by atoms with Crippen molar-refractivity contribution in [1.82, 2.24) is 14.3 Å². The lowest BCUT2D eigenvalue weighted by Gasteiger charge is -2.08. The van der Waals surface area contributed by atoms with E-state index in [-0.39, 0.29) is 5.91 Å². The summed E-state index contributed by atoms with van der Waals surface area (Å²) < 4.78 is 9.24. The van der Waals surface area contributed by atoms with E-state index in [9.17, 15) is 4.79 Å². The van der Waals surface area contributed by atoms with E-state index in [0.717, 1.165) is 39.3 Å². The number of rotatable bonds is 5. The Hall–Kier alpha value is -3.54. The van der Waals surface area contributed by atoms with Crippen molar-refractivity contribution in [2.24, 2.45) is 7.05 Å². The Bertz CT molecular complexity index is 1190. The third-order valence-corrected chi connectivity index (χ3v) is 5.29. The highest BCUT2D eigenvalue weighted by atomic mass is 16.5. The molecule has 0 unspecified atom stereocenters. The van der Waals surface area contributed by atoms with Crippen LogP contribution in [0.25, 0.3) is 10.9 Å². The van der Waals surface area contributed by atoms with E-state index in [0.29, 0.717) is 12.2 Å². The zero-order valence-corrected chi connectivity index (χ0v) is 17.1. The second-order valence-electron chi connectivity index (χ2n) is 7.12. The summed E-state index contributed by atoms with van der Waals surface area (Å²) >= 11 is 0. The fraction of sp³-hybridized carbons (Fsp3) is 0.217. The molecule has 2 heterocycles. The molecule has 29 heavy (non-hydrogen) atoms. The third-order valence-electron chi connectivity index (χ3n) is 5.29. The summed E-state index contributed by atoms with van der Waals surface area (Å²) in [6, 6.07) is 17.8. The van der Waals surface area contributed by atoms with Crippen molar-refractivity contribution < 1.29 is 9.53 Å². The van der Waals surface area contributed by atoms with E-state index in [1.165, 1.54) is 0 Å². The first-order valence-corrected chi connectivity index (χ1v) is 9.51. The van der Waals surface area contributed by atoms with Crippen LogP contribution >= 0.6 is 0 Å². The van der Waals surface area contributed by atoms with Gasteiger partial charge in [0.15, 0.2) is 0 Å². The highest BCUT2D eigenvalue weighted by molar-refractivity contribution is 6.07. The minimum atomic E-state index is -0.170. The lowest BCUT2D eigenvalue weighted by Crippen LogP contribution is -2.16. The lowest BCUT2D eigenvalue weighted by atomic mass is 10.2. The predicted octanol–water partition coefficient (Wildman–Crippen LogP) is 4.30. The maximum Gasteiger partial charge on any atom is 0.272 e. The number of nitrogens with zero attached hydrogens (tertiary/aromatic N) is 3. The fourth-order valence-electron chi connectivity index (χ4n) is 3.69. The van der Waals surface area contributed by atoms with Gasteiger partial charge in [-0.3, -0.25) is 9.48 Å². The Morgan fingerprint density at radius 2 is 1.86 bits per heavy atom. The summed E-state index contributed by atoms with van der Waals surface area (Å²) in [6.45, 7) is 4.55. The standard InChI is InChI=1S/C23H24N4O2/c1-15-22(16(2)27(25-15)14-17-9-6-5-7-10-17)24-23(28)20-13-18-19(26(20)3)11-8-12-21(18)29-4/h5-13H,14H2,1-4H3,(H,24,28). The van der Waals surface area contributed by atoms with E-state index < -0.39 is 0 Å². The molecule has 0 radical (unpaired) electrons. The molecule has 4 rings (SSSR count). The van der Waals surface area contributed by atoms with Crippen LogP contribution < -0.4 is 10.1 Å². The van der Waals surface area contributed by atoms with Crippen LogP contribution in [0.15, 0.2) is 54.6 Å². The molecule has 0 spiro atoms. The Morgan fingerprint density at radius 3 is 2.59 bits per heavy atom. The maximum atomic E-state index is 13.1. The first-order chi connectivity index (χ1) is 14.0. The summed E-state index contributed by atoms with van der Waals surface area (Å²) in [5.74, 6) is 0.580. The molecular formula is C23H24N4O2. The van der Waals surface area contributed by atoms with Gasteiger partial charge in [-0.1, -0.05) is 36.4 Å². The van der Waals surface area contributed by atoms with Gasteiger partial charge in [-0.25, -0.2) is 0 Å². The van der Waals surface area contributed by atoms with Crippen molar-refractivity contribution in [2.75, 3.05) is 12.4 Å². The van der Waals surface area contributed by atoms with Gasteiger partial charge in [0, 0.05) is 12.4 Å². The van der Waals surface area contributed by atoms with E-state index in [4.69, 9.17) is 4.74 Å². The van der Waals surface area contributed by atoms with E-state index >= 15 is 0 Å². The van der Waals surface area contributed by atoms with Gasteiger partial charge in [-0.2, -0.15) is 5.10 Å². The second-order valence-corrected chi connectivity index (χ2v) is 7.12. The van der Waals surface area contributed by atoms with Crippen LogP contribution in [0, 0.1) is 13.8 Å². The molecule has 4 aromatic rings. The van der Waals surface area contributed by atoms with Crippen molar-refractivity contribution >= 4 is 22.5 Å². The molecular weight excluding hydrogens is 364 g/mol. The van der Waals surface area contributed by atoms with Gasteiger partial charge in [0.25, 0.3) is 5.91 Å². The normalized spacial score (nSPS) is 11.0. The largest absolute Gasteiger partial charge is 0.496 e. The summed E-state index contributed by atoms with van der Waals surface area (Å²) in [5.41, 5.74) is 5.15. The number of aromatic nitrogens is 3. The quantitative estimate of drug-likeness (QED) is 0.554. The molecule has 0 atom stereocenters. The van der Waals surface area contributed by atoms with Crippen LogP contribution in [0.2, 0.25) is 0 Å². The number of carbonyl (C=O) groups is 1. The van der Waals surface area contributed by atoms with Gasteiger partial charge in [0.2, 0.25) is 0 Å². The van der Waals surface area contributed by atoms with Crippen molar-refractivity contribution in [3.63, 3.8) is 0 Å². The molecule has 2 aromatic carbocycles. The number of ether oxygens (including phenoxy) is 1. The van der Waals surface area contributed by atoms with Crippen molar-refractivity contribution in [2.45, 2.75) is 20.4 Å². The monoisotopic (exact) mass is 388 g/mol. The summed E-state index contributed by atoms with van der Waals surface area (Å²) in [6.07, 6.45) is 0. The number of benzene rings is 2. The first kappa shape index (κ1) is 18.8. The van der Waals surface area contributed by atoms with Gasteiger partial charge >= 0.3 is 0 Å². The van der Waals surface area contributed by atoms with Gasteiger partial charge in [0.05, 0.1) is 36.2 Å². The number of amides is 1. The van der Waals surface area contributed by atoms with Crippen molar-refractivity contribution in [3.8, 4) is 5.75 Å². The van der Waals surface area contributed by atoms with Crippen LogP contribution in [0.5, 0.6) is 5.75 Å². The molecule has 0 bridgehead atoms. The zero-order chi connectivity index (χ0) is 20.5. The molecule has 0 aliphatic carbocycles. The van der Waals surface area contributed by atoms with E-state index in [1.54, 1.807) is 7.11 Å². The van der Waals surface area contributed by atoms with Gasteiger partial charge < -0.3 is 14.6 Å². The number of methoxy groups -OCH3 is 1. The SMILES string of the molecule is COc1cccc2c1cc(C(=O)Nc1c(C)nn(Cc3ccccc3)c1C)n2C. The summed E-state index contributed by atoms with van der Waals surface area (Å²) in [4.78, 5) is 13.1. The molecule has 6 nitrogen and oxygen atoms in total. The maximum absolute atomic E-state index is 13.1.